The van der Waals surface area contributed by atoms with Gasteiger partial charge in [0.25, 0.3) is 15.9 Å². The van der Waals surface area contributed by atoms with Crippen molar-refractivity contribution in [3.05, 3.63) is 40.9 Å². The van der Waals surface area contributed by atoms with Crippen LogP contribution in [0.25, 0.3) is 0 Å². The van der Waals surface area contributed by atoms with Crippen LogP contribution in [-0.2, 0) is 10.0 Å². The van der Waals surface area contributed by atoms with E-state index in [1.54, 1.807) is 0 Å². The fraction of sp³-hybridized carbons (Fsp3) is 0.412. The maximum atomic E-state index is 12.5. The van der Waals surface area contributed by atoms with Crippen LogP contribution in [0.15, 0.2) is 34.5 Å². The molecule has 2 aromatic rings. The fourth-order valence-corrected chi connectivity index (χ4v) is 5.07. The molecule has 1 aliphatic rings. The number of benzene rings is 1. The Balaban J connectivity index is 1.73. The molecule has 0 unspecified atom stereocenters. The van der Waals surface area contributed by atoms with Crippen molar-refractivity contribution in [3.8, 4) is 0 Å². The lowest BCUT2D eigenvalue weighted by atomic mass is 9.87. The van der Waals surface area contributed by atoms with Gasteiger partial charge < -0.3 is 5.32 Å². The van der Waals surface area contributed by atoms with Crippen molar-refractivity contribution in [3.63, 3.8) is 0 Å². The predicted octanol–water partition coefficient (Wildman–Crippen LogP) is 3.35. The first kappa shape index (κ1) is 17.9. The quantitative estimate of drug-likeness (QED) is 0.834. The molecule has 0 radical (unpaired) electrons. The lowest BCUT2D eigenvalue weighted by molar-refractivity contribution is 0.0963. The van der Waals surface area contributed by atoms with Crippen molar-refractivity contribution >= 4 is 32.4 Å². The summed E-state index contributed by atoms with van der Waals surface area (Å²) in [6, 6.07) is 5.82. The number of anilines is 1. The van der Waals surface area contributed by atoms with E-state index in [-0.39, 0.29) is 10.8 Å². The first-order valence-electron chi connectivity index (χ1n) is 8.30. The highest BCUT2D eigenvalue weighted by Crippen LogP contribution is 2.34. The Morgan fingerprint density at radius 1 is 1.16 bits per heavy atom. The highest BCUT2D eigenvalue weighted by molar-refractivity contribution is 7.93. The summed E-state index contributed by atoms with van der Waals surface area (Å²) < 4.78 is 27.5. The molecule has 0 aliphatic heterocycles. The van der Waals surface area contributed by atoms with Crippen LogP contribution in [0.1, 0.15) is 54.1 Å². The third-order valence-corrected chi connectivity index (χ3v) is 6.68. The molecule has 1 aliphatic carbocycles. The van der Waals surface area contributed by atoms with E-state index in [4.69, 9.17) is 0 Å². The Kier molecular flexibility index (Phi) is 5.39. The number of thiazole rings is 1. The lowest BCUT2D eigenvalue weighted by Crippen LogP contribution is -2.18. The van der Waals surface area contributed by atoms with Crippen molar-refractivity contribution in [1.82, 2.24) is 10.3 Å². The number of amides is 1. The SMILES string of the molecule is CNC(=O)c1ccc(S(=O)(=O)Nc2nc(C3CCCCC3)cs2)cc1. The Morgan fingerprint density at radius 2 is 1.84 bits per heavy atom. The summed E-state index contributed by atoms with van der Waals surface area (Å²) in [5, 5.41) is 4.83. The highest BCUT2D eigenvalue weighted by atomic mass is 32.2. The van der Waals surface area contributed by atoms with E-state index in [0.717, 1.165) is 18.5 Å². The van der Waals surface area contributed by atoms with Crippen LogP contribution in [0.3, 0.4) is 0 Å². The number of aromatic nitrogens is 1. The van der Waals surface area contributed by atoms with E-state index in [9.17, 15) is 13.2 Å². The summed E-state index contributed by atoms with van der Waals surface area (Å²) in [6.07, 6.45) is 5.93. The first-order chi connectivity index (χ1) is 12.0. The predicted molar refractivity (Wildman–Crippen MR) is 98.6 cm³/mol. The molecule has 6 nitrogen and oxygen atoms in total. The van der Waals surface area contributed by atoms with Crippen LogP contribution >= 0.6 is 11.3 Å². The van der Waals surface area contributed by atoms with Gasteiger partial charge in [-0.25, -0.2) is 13.4 Å². The minimum absolute atomic E-state index is 0.106. The second-order valence-electron chi connectivity index (χ2n) is 6.12. The van der Waals surface area contributed by atoms with E-state index in [2.05, 4.69) is 15.0 Å². The molecule has 0 bridgehead atoms. The summed E-state index contributed by atoms with van der Waals surface area (Å²) >= 11 is 1.31. The monoisotopic (exact) mass is 379 g/mol. The molecule has 3 rings (SSSR count). The minimum Gasteiger partial charge on any atom is -0.355 e. The number of hydrogen-bond donors (Lipinski definition) is 2. The van der Waals surface area contributed by atoms with Crippen molar-refractivity contribution in [2.24, 2.45) is 0 Å². The number of rotatable bonds is 5. The van der Waals surface area contributed by atoms with E-state index in [1.807, 2.05) is 5.38 Å². The van der Waals surface area contributed by atoms with Gasteiger partial charge >= 0.3 is 0 Å². The smallest absolute Gasteiger partial charge is 0.263 e. The second kappa shape index (κ2) is 7.53. The summed E-state index contributed by atoms with van der Waals surface area (Å²) in [5.41, 5.74) is 1.40. The van der Waals surface area contributed by atoms with Gasteiger partial charge in [-0.05, 0) is 37.1 Å². The van der Waals surface area contributed by atoms with Crippen LogP contribution in [0.4, 0.5) is 5.13 Å². The first-order valence-corrected chi connectivity index (χ1v) is 10.7. The molecule has 1 fully saturated rings. The molecule has 0 atom stereocenters. The van der Waals surface area contributed by atoms with E-state index >= 15 is 0 Å². The number of hydrogen-bond acceptors (Lipinski definition) is 5. The zero-order chi connectivity index (χ0) is 17.9. The van der Waals surface area contributed by atoms with Crippen LogP contribution in [0.5, 0.6) is 0 Å². The lowest BCUT2D eigenvalue weighted by Gasteiger charge is -2.19. The third-order valence-electron chi connectivity index (χ3n) is 4.42. The van der Waals surface area contributed by atoms with Gasteiger partial charge in [0.1, 0.15) is 0 Å². The zero-order valence-corrected chi connectivity index (χ0v) is 15.6. The average Bonchev–Trinajstić information content (AvgIpc) is 3.09. The zero-order valence-electron chi connectivity index (χ0n) is 14.0. The number of nitrogens with zero attached hydrogens (tertiary/aromatic N) is 1. The van der Waals surface area contributed by atoms with Gasteiger partial charge in [-0.15, -0.1) is 11.3 Å². The number of carbonyl (C=O) groups is 1. The van der Waals surface area contributed by atoms with Crippen LogP contribution in [-0.4, -0.2) is 26.4 Å². The summed E-state index contributed by atoms with van der Waals surface area (Å²) in [7, 11) is -2.19. The van der Waals surface area contributed by atoms with E-state index in [0.29, 0.717) is 16.6 Å². The summed E-state index contributed by atoms with van der Waals surface area (Å²) in [5.74, 6) is 0.184. The van der Waals surface area contributed by atoms with Gasteiger partial charge in [0.15, 0.2) is 5.13 Å². The summed E-state index contributed by atoms with van der Waals surface area (Å²) in [4.78, 5) is 16.1. The van der Waals surface area contributed by atoms with Crippen molar-refractivity contribution in [2.75, 3.05) is 11.8 Å². The molecule has 1 aromatic heterocycles. The summed E-state index contributed by atoms with van der Waals surface area (Å²) in [6.45, 7) is 0. The van der Waals surface area contributed by atoms with Crippen molar-refractivity contribution in [1.29, 1.82) is 0 Å². The molecule has 1 heterocycles. The molecule has 1 saturated carbocycles. The van der Waals surface area contributed by atoms with E-state index in [1.165, 1.54) is 61.9 Å². The van der Waals surface area contributed by atoms with Crippen molar-refractivity contribution in [2.45, 2.75) is 42.9 Å². The molecule has 1 amide bonds. The molecular formula is C17H21N3O3S2. The fourth-order valence-electron chi connectivity index (χ4n) is 3.02. The van der Waals surface area contributed by atoms with Gasteiger partial charge in [0.2, 0.25) is 0 Å². The third kappa shape index (κ3) is 4.19. The van der Waals surface area contributed by atoms with Crippen molar-refractivity contribution < 1.29 is 13.2 Å². The number of sulfonamides is 1. The van der Waals surface area contributed by atoms with Gasteiger partial charge in [-0.3, -0.25) is 9.52 Å². The van der Waals surface area contributed by atoms with Crippen LogP contribution in [0.2, 0.25) is 0 Å². The van der Waals surface area contributed by atoms with E-state index < -0.39 is 10.0 Å². The normalized spacial score (nSPS) is 15.7. The molecule has 25 heavy (non-hydrogen) atoms. The highest BCUT2D eigenvalue weighted by Gasteiger charge is 2.21. The Labute approximate surface area is 151 Å². The molecule has 0 saturated heterocycles. The van der Waals surface area contributed by atoms with Crippen LogP contribution < -0.4 is 10.0 Å². The molecule has 0 spiro atoms. The molecule has 134 valence electrons. The largest absolute Gasteiger partial charge is 0.355 e. The maximum absolute atomic E-state index is 12.5. The molecule has 8 heteroatoms. The van der Waals surface area contributed by atoms with Gasteiger partial charge in [0.05, 0.1) is 10.6 Å². The second-order valence-corrected chi connectivity index (χ2v) is 8.66. The molecular weight excluding hydrogens is 358 g/mol. The Hall–Kier alpha value is -1.93. The van der Waals surface area contributed by atoms with Gasteiger partial charge in [-0.1, -0.05) is 19.3 Å². The van der Waals surface area contributed by atoms with Gasteiger partial charge in [-0.2, -0.15) is 0 Å². The minimum atomic E-state index is -3.71. The average molecular weight is 380 g/mol. The number of carbonyl (C=O) groups excluding carboxylic acids is 1. The molecule has 1 aromatic carbocycles. The topological polar surface area (TPSA) is 88.2 Å². The Bertz CT molecular complexity index is 838. The van der Waals surface area contributed by atoms with Gasteiger partial charge in [0, 0.05) is 23.9 Å². The Morgan fingerprint density at radius 3 is 2.48 bits per heavy atom. The van der Waals surface area contributed by atoms with Crippen LogP contribution in [0, 0.1) is 0 Å². The number of nitrogens with one attached hydrogen (secondary N) is 2. The standard InChI is InChI=1S/C17H21N3O3S2/c1-18-16(21)13-7-9-14(10-8-13)25(22,23)20-17-19-15(11-24-17)12-5-3-2-4-6-12/h7-12H,2-6H2,1H3,(H,18,21)(H,19,20). The molecule has 2 N–H and O–H groups in total. The maximum Gasteiger partial charge on any atom is 0.263 e.